The van der Waals surface area contributed by atoms with Crippen LogP contribution in [0.25, 0.3) is 0 Å². The van der Waals surface area contributed by atoms with E-state index in [1.165, 1.54) is 58.3 Å². The Balaban J connectivity index is 2.01. The Morgan fingerprint density at radius 1 is 1.24 bits per heavy atom. The Kier molecular flexibility index (Phi) is 4.45. The van der Waals surface area contributed by atoms with Crippen molar-refractivity contribution in [3.63, 3.8) is 0 Å². The number of likely N-dealkylation sites (tertiary alicyclic amines) is 2. The summed E-state index contributed by atoms with van der Waals surface area (Å²) in [6, 6.07) is 0. The van der Waals surface area contributed by atoms with Gasteiger partial charge in [-0.25, -0.2) is 0 Å². The number of nitrogens with two attached hydrogens (primary N) is 1. The van der Waals surface area contributed by atoms with E-state index < -0.39 is 0 Å². The molecule has 0 aromatic heterocycles. The molecule has 2 heterocycles. The quantitative estimate of drug-likeness (QED) is 0.811. The fraction of sp³-hybridized carbons (Fsp3) is 1.00. The molecule has 2 N–H and O–H groups in total. The Hall–Kier alpha value is -0.120. The first-order chi connectivity index (χ1) is 8.20. The monoisotopic (exact) mass is 239 g/mol. The zero-order valence-corrected chi connectivity index (χ0v) is 11.6. The molecule has 2 fully saturated rings. The predicted molar refractivity (Wildman–Crippen MR) is 73.1 cm³/mol. The van der Waals surface area contributed by atoms with E-state index in [4.69, 9.17) is 5.73 Å². The summed E-state index contributed by atoms with van der Waals surface area (Å²) in [6.45, 7) is 8.17. The van der Waals surface area contributed by atoms with Gasteiger partial charge in [0, 0.05) is 18.6 Å². The van der Waals surface area contributed by atoms with Crippen molar-refractivity contribution in [2.24, 2.45) is 11.7 Å². The van der Waals surface area contributed by atoms with Crippen LogP contribution in [0, 0.1) is 5.92 Å². The van der Waals surface area contributed by atoms with Gasteiger partial charge in [0.1, 0.15) is 0 Å². The molecule has 0 spiro atoms. The van der Waals surface area contributed by atoms with Crippen LogP contribution in [0.5, 0.6) is 0 Å². The molecule has 2 aliphatic heterocycles. The largest absolute Gasteiger partial charge is 0.329 e. The molecule has 100 valence electrons. The molecule has 0 amide bonds. The summed E-state index contributed by atoms with van der Waals surface area (Å²) in [6.07, 6.45) is 6.65. The molecule has 2 saturated heterocycles. The highest BCUT2D eigenvalue weighted by Gasteiger charge is 2.39. The number of hydrogen-bond donors (Lipinski definition) is 1. The Labute approximate surface area is 106 Å². The maximum Gasteiger partial charge on any atom is 0.0356 e. The van der Waals surface area contributed by atoms with Crippen molar-refractivity contribution in [1.29, 1.82) is 0 Å². The summed E-state index contributed by atoms with van der Waals surface area (Å²) in [5, 5.41) is 0. The van der Waals surface area contributed by atoms with Crippen molar-refractivity contribution in [3.05, 3.63) is 0 Å². The smallest absolute Gasteiger partial charge is 0.0356 e. The maximum atomic E-state index is 6.14. The molecule has 17 heavy (non-hydrogen) atoms. The van der Waals surface area contributed by atoms with Crippen molar-refractivity contribution in [1.82, 2.24) is 9.80 Å². The Bertz CT molecular complexity index is 234. The molecule has 1 unspecified atom stereocenters. The molecule has 0 saturated carbocycles. The zero-order chi connectivity index (χ0) is 12.3. The highest BCUT2D eigenvalue weighted by molar-refractivity contribution is 4.97. The summed E-state index contributed by atoms with van der Waals surface area (Å²) in [4.78, 5) is 5.17. The van der Waals surface area contributed by atoms with Gasteiger partial charge in [0.2, 0.25) is 0 Å². The van der Waals surface area contributed by atoms with Gasteiger partial charge in [0.25, 0.3) is 0 Å². The van der Waals surface area contributed by atoms with Gasteiger partial charge in [-0.15, -0.1) is 0 Å². The van der Waals surface area contributed by atoms with Gasteiger partial charge in [0.15, 0.2) is 0 Å². The van der Waals surface area contributed by atoms with E-state index >= 15 is 0 Å². The number of piperidine rings is 2. The second kappa shape index (κ2) is 5.68. The molecule has 2 aliphatic rings. The lowest BCUT2D eigenvalue weighted by molar-refractivity contribution is 0.00358. The molecule has 0 aliphatic carbocycles. The maximum absolute atomic E-state index is 6.14. The third kappa shape index (κ3) is 2.83. The number of rotatable bonds is 3. The highest BCUT2D eigenvalue weighted by atomic mass is 15.2. The SMILES string of the molecule is CCC1CCCN(C2(CN)CCN(C)CC2)C1. The van der Waals surface area contributed by atoms with Crippen LogP contribution in [0.3, 0.4) is 0 Å². The third-order valence-corrected chi connectivity index (χ3v) is 5.06. The average Bonchev–Trinajstić information content (AvgIpc) is 2.40. The van der Waals surface area contributed by atoms with E-state index in [0.717, 1.165) is 12.5 Å². The van der Waals surface area contributed by atoms with Crippen LogP contribution in [0.1, 0.15) is 39.0 Å². The van der Waals surface area contributed by atoms with Crippen LogP contribution in [-0.4, -0.2) is 55.1 Å². The van der Waals surface area contributed by atoms with Crippen LogP contribution < -0.4 is 5.73 Å². The van der Waals surface area contributed by atoms with E-state index in [1.807, 2.05) is 0 Å². The van der Waals surface area contributed by atoms with Crippen LogP contribution in [0.4, 0.5) is 0 Å². The van der Waals surface area contributed by atoms with E-state index in [-0.39, 0.29) is 0 Å². The number of nitrogens with zero attached hydrogens (tertiary/aromatic N) is 2. The summed E-state index contributed by atoms with van der Waals surface area (Å²) >= 11 is 0. The van der Waals surface area contributed by atoms with Crippen LogP contribution >= 0.6 is 0 Å². The minimum absolute atomic E-state index is 0.320. The van der Waals surface area contributed by atoms with E-state index in [0.29, 0.717) is 5.54 Å². The predicted octanol–water partition coefficient (Wildman–Crippen LogP) is 1.53. The Morgan fingerprint density at radius 3 is 2.53 bits per heavy atom. The van der Waals surface area contributed by atoms with Crippen molar-refractivity contribution in [2.75, 3.05) is 39.8 Å². The molecular weight excluding hydrogens is 210 g/mol. The van der Waals surface area contributed by atoms with Crippen LogP contribution in [0.15, 0.2) is 0 Å². The van der Waals surface area contributed by atoms with Crippen molar-refractivity contribution < 1.29 is 0 Å². The van der Waals surface area contributed by atoms with Crippen molar-refractivity contribution in [2.45, 2.75) is 44.6 Å². The minimum Gasteiger partial charge on any atom is -0.329 e. The van der Waals surface area contributed by atoms with Gasteiger partial charge >= 0.3 is 0 Å². The highest BCUT2D eigenvalue weighted by Crippen LogP contribution is 2.32. The first-order valence-electron chi connectivity index (χ1n) is 7.34. The first-order valence-corrected chi connectivity index (χ1v) is 7.34. The normalized spacial score (nSPS) is 31.6. The molecule has 0 radical (unpaired) electrons. The summed E-state index contributed by atoms with van der Waals surface area (Å²) in [5.41, 5.74) is 6.46. The van der Waals surface area contributed by atoms with Gasteiger partial charge in [-0.3, -0.25) is 4.90 Å². The topological polar surface area (TPSA) is 32.5 Å². The van der Waals surface area contributed by atoms with Gasteiger partial charge in [-0.05, 0) is 58.3 Å². The third-order valence-electron chi connectivity index (χ3n) is 5.06. The summed E-state index contributed by atoms with van der Waals surface area (Å²) in [7, 11) is 2.23. The van der Waals surface area contributed by atoms with Gasteiger partial charge in [-0.2, -0.15) is 0 Å². The molecule has 0 aromatic rings. The Morgan fingerprint density at radius 2 is 1.94 bits per heavy atom. The fourth-order valence-corrected chi connectivity index (χ4v) is 3.51. The van der Waals surface area contributed by atoms with Gasteiger partial charge in [-0.1, -0.05) is 13.3 Å². The molecule has 3 heteroatoms. The lowest BCUT2D eigenvalue weighted by Crippen LogP contribution is -2.61. The molecule has 0 bridgehead atoms. The van der Waals surface area contributed by atoms with Crippen molar-refractivity contribution >= 4 is 0 Å². The fourth-order valence-electron chi connectivity index (χ4n) is 3.51. The summed E-state index contributed by atoms with van der Waals surface area (Å²) < 4.78 is 0. The van der Waals surface area contributed by atoms with Crippen LogP contribution in [-0.2, 0) is 0 Å². The number of hydrogen-bond acceptors (Lipinski definition) is 3. The minimum atomic E-state index is 0.320. The lowest BCUT2D eigenvalue weighted by atomic mass is 9.82. The second-order valence-electron chi connectivity index (χ2n) is 6.09. The second-order valence-corrected chi connectivity index (χ2v) is 6.09. The van der Waals surface area contributed by atoms with Gasteiger partial charge < -0.3 is 10.6 Å². The molecule has 3 nitrogen and oxygen atoms in total. The standard InChI is InChI=1S/C14H29N3/c1-3-13-5-4-8-17(11-13)14(12-15)6-9-16(2)10-7-14/h13H,3-12,15H2,1-2H3. The van der Waals surface area contributed by atoms with Crippen LogP contribution in [0.2, 0.25) is 0 Å². The first kappa shape index (κ1) is 13.3. The molecule has 1 atom stereocenters. The van der Waals surface area contributed by atoms with Crippen molar-refractivity contribution in [3.8, 4) is 0 Å². The lowest BCUT2D eigenvalue weighted by Gasteiger charge is -2.50. The van der Waals surface area contributed by atoms with Gasteiger partial charge in [0.05, 0.1) is 0 Å². The molecule has 0 aromatic carbocycles. The average molecular weight is 239 g/mol. The van der Waals surface area contributed by atoms with E-state index in [9.17, 15) is 0 Å². The van der Waals surface area contributed by atoms with E-state index in [2.05, 4.69) is 23.8 Å². The van der Waals surface area contributed by atoms with E-state index in [1.54, 1.807) is 0 Å². The molecular formula is C14H29N3. The summed E-state index contributed by atoms with van der Waals surface area (Å²) in [5.74, 6) is 0.909. The zero-order valence-electron chi connectivity index (χ0n) is 11.6. The molecule has 2 rings (SSSR count).